The molecule has 2 N–H and O–H groups in total. The Bertz CT molecular complexity index is 637. The molecule has 0 amide bonds. The van der Waals surface area contributed by atoms with E-state index in [4.69, 9.17) is 15.7 Å². The molecule has 20 heavy (non-hydrogen) atoms. The molecule has 1 aromatic carbocycles. The van der Waals surface area contributed by atoms with Crippen LogP contribution in [-0.4, -0.2) is 38.5 Å². The van der Waals surface area contributed by atoms with Gasteiger partial charge in [-0.1, -0.05) is 6.92 Å². The standard InChI is InChI=1S/C13H17N3O3S/c1-2-11-9-16(5-6-19-11)20(17,18)13-4-3-10(8-14)7-12(13)15/h3-4,7,11H,2,5-6,9,15H2,1H3. The monoisotopic (exact) mass is 295 g/mol. The molecule has 1 fully saturated rings. The lowest BCUT2D eigenvalue weighted by molar-refractivity contribution is -0.00276. The van der Waals surface area contributed by atoms with Gasteiger partial charge in [0.05, 0.1) is 30.0 Å². The molecule has 0 saturated carbocycles. The zero-order valence-corrected chi connectivity index (χ0v) is 12.1. The van der Waals surface area contributed by atoms with Crippen LogP contribution in [0.3, 0.4) is 0 Å². The van der Waals surface area contributed by atoms with E-state index in [-0.39, 0.29) is 16.7 Å². The molecule has 6 nitrogen and oxygen atoms in total. The first kappa shape index (κ1) is 14.8. The van der Waals surface area contributed by atoms with E-state index in [9.17, 15) is 8.42 Å². The number of morpholine rings is 1. The van der Waals surface area contributed by atoms with Gasteiger partial charge in [-0.25, -0.2) is 8.42 Å². The number of anilines is 1. The molecule has 1 unspecified atom stereocenters. The van der Waals surface area contributed by atoms with Crippen molar-refractivity contribution in [2.45, 2.75) is 24.3 Å². The SMILES string of the molecule is CCC1CN(S(=O)(=O)c2ccc(C#N)cc2N)CCO1. The molecule has 108 valence electrons. The average Bonchev–Trinajstić information content (AvgIpc) is 2.46. The normalized spacial score (nSPS) is 20.5. The lowest BCUT2D eigenvalue weighted by atomic mass is 10.2. The highest BCUT2D eigenvalue weighted by Gasteiger charge is 2.31. The van der Waals surface area contributed by atoms with Gasteiger partial charge in [0.2, 0.25) is 10.0 Å². The number of nitrogens with zero attached hydrogens (tertiary/aromatic N) is 2. The highest BCUT2D eigenvalue weighted by atomic mass is 32.2. The van der Waals surface area contributed by atoms with Crippen LogP contribution < -0.4 is 5.73 Å². The lowest BCUT2D eigenvalue weighted by Gasteiger charge is -2.31. The Morgan fingerprint density at radius 3 is 2.90 bits per heavy atom. The Hall–Kier alpha value is -1.62. The quantitative estimate of drug-likeness (QED) is 0.837. The van der Waals surface area contributed by atoms with Crippen molar-refractivity contribution in [2.75, 3.05) is 25.4 Å². The number of hydrogen-bond acceptors (Lipinski definition) is 5. The molecule has 0 aromatic heterocycles. The summed E-state index contributed by atoms with van der Waals surface area (Å²) in [5, 5.41) is 8.79. The van der Waals surface area contributed by atoms with Crippen molar-refractivity contribution in [3.05, 3.63) is 23.8 Å². The Morgan fingerprint density at radius 1 is 1.55 bits per heavy atom. The fourth-order valence-electron chi connectivity index (χ4n) is 2.15. The smallest absolute Gasteiger partial charge is 0.245 e. The van der Waals surface area contributed by atoms with Gasteiger partial charge in [-0.05, 0) is 24.6 Å². The minimum absolute atomic E-state index is 0.0493. The third-order valence-corrected chi connectivity index (χ3v) is 5.25. The number of benzene rings is 1. The summed E-state index contributed by atoms with van der Waals surface area (Å²) >= 11 is 0. The molecule has 0 aliphatic carbocycles. The second kappa shape index (κ2) is 5.79. The highest BCUT2D eigenvalue weighted by molar-refractivity contribution is 7.89. The summed E-state index contributed by atoms with van der Waals surface area (Å²) < 4.78 is 32.0. The number of hydrogen-bond donors (Lipinski definition) is 1. The maximum absolute atomic E-state index is 12.6. The van der Waals surface area contributed by atoms with Crippen LogP contribution in [0.5, 0.6) is 0 Å². The van der Waals surface area contributed by atoms with Gasteiger partial charge in [-0.3, -0.25) is 0 Å². The molecule has 1 heterocycles. The van der Waals surface area contributed by atoms with E-state index in [1.807, 2.05) is 13.0 Å². The van der Waals surface area contributed by atoms with Crippen LogP contribution in [0.15, 0.2) is 23.1 Å². The summed E-state index contributed by atoms with van der Waals surface area (Å²) in [6.45, 7) is 2.99. The van der Waals surface area contributed by atoms with Crippen LogP contribution in [0.2, 0.25) is 0 Å². The van der Waals surface area contributed by atoms with E-state index in [0.717, 1.165) is 6.42 Å². The number of nitrogens with two attached hydrogens (primary N) is 1. The first-order valence-electron chi connectivity index (χ1n) is 6.40. The summed E-state index contributed by atoms with van der Waals surface area (Å²) in [5.41, 5.74) is 6.21. The third kappa shape index (κ3) is 2.77. The summed E-state index contributed by atoms with van der Waals surface area (Å²) in [5.74, 6) is 0. The molecule has 1 aliphatic rings. The molecule has 0 radical (unpaired) electrons. The average molecular weight is 295 g/mol. The summed E-state index contributed by atoms with van der Waals surface area (Å²) in [6, 6.07) is 6.16. The molecule has 1 aliphatic heterocycles. The van der Waals surface area contributed by atoms with Crippen molar-refractivity contribution < 1.29 is 13.2 Å². The van der Waals surface area contributed by atoms with Crippen molar-refractivity contribution in [2.24, 2.45) is 0 Å². The van der Waals surface area contributed by atoms with E-state index < -0.39 is 10.0 Å². The van der Waals surface area contributed by atoms with E-state index >= 15 is 0 Å². The summed E-state index contributed by atoms with van der Waals surface area (Å²) in [6.07, 6.45) is 0.674. The molecule has 1 aromatic rings. The second-order valence-corrected chi connectivity index (χ2v) is 6.53. The first-order chi connectivity index (χ1) is 9.48. The lowest BCUT2D eigenvalue weighted by Crippen LogP contribution is -2.45. The van der Waals surface area contributed by atoms with Gasteiger partial charge in [0.25, 0.3) is 0 Å². The molecule has 7 heteroatoms. The Kier molecular flexibility index (Phi) is 4.28. The maximum atomic E-state index is 12.6. The number of nitrogen functional groups attached to an aromatic ring is 1. The minimum Gasteiger partial charge on any atom is -0.398 e. The van der Waals surface area contributed by atoms with Crippen molar-refractivity contribution >= 4 is 15.7 Å². The number of ether oxygens (including phenoxy) is 1. The van der Waals surface area contributed by atoms with Crippen molar-refractivity contribution in [1.82, 2.24) is 4.31 Å². The van der Waals surface area contributed by atoms with Gasteiger partial charge in [0.15, 0.2) is 0 Å². The van der Waals surface area contributed by atoms with E-state index in [1.165, 1.54) is 22.5 Å². The van der Waals surface area contributed by atoms with Gasteiger partial charge < -0.3 is 10.5 Å². The summed E-state index contributed by atoms with van der Waals surface area (Å²) in [4.78, 5) is 0.0493. The van der Waals surface area contributed by atoms with Crippen molar-refractivity contribution in [3.8, 4) is 6.07 Å². The Morgan fingerprint density at radius 2 is 2.30 bits per heavy atom. The molecule has 2 rings (SSSR count). The van der Waals surface area contributed by atoms with Gasteiger partial charge in [-0.2, -0.15) is 9.57 Å². The third-order valence-electron chi connectivity index (χ3n) is 3.31. The second-order valence-electron chi connectivity index (χ2n) is 4.63. The van der Waals surface area contributed by atoms with Crippen LogP contribution in [0.4, 0.5) is 5.69 Å². The zero-order chi connectivity index (χ0) is 14.8. The predicted octanol–water partition coefficient (Wildman–Crippen LogP) is 0.940. The van der Waals surface area contributed by atoms with Crippen LogP contribution in [-0.2, 0) is 14.8 Å². The van der Waals surface area contributed by atoms with E-state index in [0.29, 0.717) is 25.3 Å². The minimum atomic E-state index is -3.64. The highest BCUT2D eigenvalue weighted by Crippen LogP contribution is 2.25. The van der Waals surface area contributed by atoms with Crippen LogP contribution >= 0.6 is 0 Å². The topological polar surface area (TPSA) is 96.4 Å². The molecular weight excluding hydrogens is 278 g/mol. The first-order valence-corrected chi connectivity index (χ1v) is 7.84. The zero-order valence-electron chi connectivity index (χ0n) is 11.2. The molecule has 0 spiro atoms. The van der Waals surface area contributed by atoms with Gasteiger partial charge in [0.1, 0.15) is 4.90 Å². The van der Waals surface area contributed by atoms with Gasteiger partial charge in [0, 0.05) is 13.1 Å². The van der Waals surface area contributed by atoms with Crippen molar-refractivity contribution in [1.29, 1.82) is 5.26 Å². The largest absolute Gasteiger partial charge is 0.398 e. The number of rotatable bonds is 3. The molecular formula is C13H17N3O3S. The van der Waals surface area contributed by atoms with Gasteiger partial charge in [-0.15, -0.1) is 0 Å². The Labute approximate surface area is 118 Å². The number of sulfonamides is 1. The summed E-state index contributed by atoms with van der Waals surface area (Å²) in [7, 11) is -3.64. The van der Waals surface area contributed by atoms with Crippen LogP contribution in [0, 0.1) is 11.3 Å². The molecule has 0 bridgehead atoms. The molecule has 1 saturated heterocycles. The van der Waals surface area contributed by atoms with E-state index in [1.54, 1.807) is 0 Å². The van der Waals surface area contributed by atoms with Crippen LogP contribution in [0.25, 0.3) is 0 Å². The predicted molar refractivity (Wildman–Crippen MR) is 74.4 cm³/mol. The van der Waals surface area contributed by atoms with E-state index in [2.05, 4.69) is 0 Å². The van der Waals surface area contributed by atoms with Crippen molar-refractivity contribution in [3.63, 3.8) is 0 Å². The molecule has 1 atom stereocenters. The maximum Gasteiger partial charge on any atom is 0.245 e. The fraction of sp³-hybridized carbons (Fsp3) is 0.462. The van der Waals surface area contributed by atoms with Gasteiger partial charge >= 0.3 is 0 Å². The fourth-order valence-corrected chi connectivity index (χ4v) is 3.70. The Balaban J connectivity index is 2.33. The number of nitriles is 1. The van der Waals surface area contributed by atoms with Crippen LogP contribution in [0.1, 0.15) is 18.9 Å².